The molecule has 7 nitrogen and oxygen atoms in total. The molecule has 0 unspecified atom stereocenters. The Kier molecular flexibility index (Phi) is 1.90. The molecule has 0 aromatic carbocycles. The molecule has 0 bridgehead atoms. The molecule has 2 rings (SSSR count). The lowest BCUT2D eigenvalue weighted by atomic mass is 10.6. The predicted octanol–water partition coefficient (Wildman–Crippen LogP) is 0.373. The fraction of sp³-hybridized carbons (Fsp3) is 0. The van der Waals surface area contributed by atoms with Crippen molar-refractivity contribution in [3.63, 3.8) is 0 Å². The first kappa shape index (κ1) is 8.30. The van der Waals surface area contributed by atoms with Crippen LogP contribution in [0.15, 0.2) is 22.8 Å². The zero-order valence-corrected chi connectivity index (χ0v) is 7.14. The molecule has 0 aliphatic carbocycles. The molecule has 14 heavy (non-hydrogen) atoms. The Balaban J connectivity index is 2.25. The Hall–Kier alpha value is -2.31. The van der Waals surface area contributed by atoms with E-state index >= 15 is 0 Å². The summed E-state index contributed by atoms with van der Waals surface area (Å²) in [5.74, 6) is 0.887. The number of hydrogen-bond acceptors (Lipinski definition) is 7. The van der Waals surface area contributed by atoms with Crippen LogP contribution in [-0.4, -0.2) is 15.0 Å². The van der Waals surface area contributed by atoms with Crippen molar-refractivity contribution in [2.75, 3.05) is 16.8 Å². The molecular formula is C7H8N6O. The van der Waals surface area contributed by atoms with E-state index in [-0.39, 0.29) is 17.8 Å². The van der Waals surface area contributed by atoms with Gasteiger partial charge in [0.2, 0.25) is 17.8 Å². The van der Waals surface area contributed by atoms with Gasteiger partial charge in [-0.15, -0.1) is 0 Å². The quantitative estimate of drug-likeness (QED) is 0.629. The molecule has 0 radical (unpaired) electrons. The normalized spacial score (nSPS) is 10.0. The van der Waals surface area contributed by atoms with E-state index in [1.54, 1.807) is 12.1 Å². The lowest BCUT2D eigenvalue weighted by molar-refractivity contribution is 0.584. The number of nitrogens with two attached hydrogens (primary N) is 2. The van der Waals surface area contributed by atoms with Gasteiger partial charge in [-0.25, -0.2) is 0 Å². The maximum absolute atomic E-state index is 5.38. The van der Waals surface area contributed by atoms with Crippen LogP contribution in [0.2, 0.25) is 0 Å². The second-order valence-electron chi connectivity index (χ2n) is 2.48. The fourth-order valence-corrected chi connectivity index (χ4v) is 0.925. The van der Waals surface area contributed by atoms with Gasteiger partial charge in [-0.2, -0.15) is 15.0 Å². The van der Waals surface area contributed by atoms with Crippen LogP contribution in [0.5, 0.6) is 0 Å². The van der Waals surface area contributed by atoms with Gasteiger partial charge >= 0.3 is 0 Å². The number of anilines is 4. The molecule has 0 aliphatic heterocycles. The van der Waals surface area contributed by atoms with Crippen molar-refractivity contribution in [3.05, 3.63) is 18.4 Å². The van der Waals surface area contributed by atoms with Gasteiger partial charge in [0.15, 0.2) is 5.88 Å². The van der Waals surface area contributed by atoms with Crippen molar-refractivity contribution in [2.24, 2.45) is 0 Å². The van der Waals surface area contributed by atoms with Crippen molar-refractivity contribution in [1.29, 1.82) is 0 Å². The molecule has 2 aromatic heterocycles. The highest BCUT2D eigenvalue weighted by Gasteiger charge is 2.02. The minimum absolute atomic E-state index is 0.0616. The van der Waals surface area contributed by atoms with Crippen molar-refractivity contribution in [3.8, 4) is 0 Å². The third kappa shape index (κ3) is 1.71. The van der Waals surface area contributed by atoms with E-state index in [4.69, 9.17) is 15.9 Å². The van der Waals surface area contributed by atoms with E-state index in [0.29, 0.717) is 5.88 Å². The summed E-state index contributed by atoms with van der Waals surface area (Å²) >= 11 is 0. The van der Waals surface area contributed by atoms with E-state index in [2.05, 4.69) is 20.3 Å². The number of furan rings is 1. The van der Waals surface area contributed by atoms with Crippen LogP contribution in [0.4, 0.5) is 23.7 Å². The molecule has 0 atom stereocenters. The average Bonchev–Trinajstić information content (AvgIpc) is 2.54. The minimum atomic E-state index is 0.0616. The van der Waals surface area contributed by atoms with Gasteiger partial charge in [-0.05, 0) is 6.07 Å². The maximum Gasteiger partial charge on any atom is 0.236 e. The van der Waals surface area contributed by atoms with Gasteiger partial charge in [-0.3, -0.25) is 5.32 Å². The fourth-order valence-electron chi connectivity index (χ4n) is 0.925. The third-order valence-corrected chi connectivity index (χ3v) is 1.43. The number of rotatable bonds is 2. The van der Waals surface area contributed by atoms with Gasteiger partial charge in [0.25, 0.3) is 0 Å². The van der Waals surface area contributed by atoms with Gasteiger partial charge in [0.05, 0.1) is 6.26 Å². The summed E-state index contributed by atoms with van der Waals surface area (Å²) in [4.78, 5) is 11.3. The average molecular weight is 192 g/mol. The van der Waals surface area contributed by atoms with Crippen LogP contribution in [0.25, 0.3) is 0 Å². The van der Waals surface area contributed by atoms with Crippen LogP contribution in [0.3, 0.4) is 0 Å². The van der Waals surface area contributed by atoms with E-state index in [1.807, 2.05) is 0 Å². The summed E-state index contributed by atoms with van der Waals surface area (Å²) in [6, 6.07) is 3.45. The van der Waals surface area contributed by atoms with Crippen molar-refractivity contribution in [2.45, 2.75) is 0 Å². The van der Waals surface area contributed by atoms with Gasteiger partial charge in [0.1, 0.15) is 0 Å². The molecule has 7 heteroatoms. The third-order valence-electron chi connectivity index (χ3n) is 1.43. The van der Waals surface area contributed by atoms with Crippen molar-refractivity contribution >= 4 is 23.7 Å². The molecular weight excluding hydrogens is 184 g/mol. The van der Waals surface area contributed by atoms with E-state index < -0.39 is 0 Å². The number of nitrogen functional groups attached to an aromatic ring is 2. The Morgan fingerprint density at radius 2 is 1.86 bits per heavy atom. The smallest absolute Gasteiger partial charge is 0.236 e. The molecule has 2 aromatic rings. The van der Waals surface area contributed by atoms with Crippen LogP contribution < -0.4 is 16.8 Å². The SMILES string of the molecule is Nc1nc(N)nc(Nc2ccco2)n1. The summed E-state index contributed by atoms with van der Waals surface area (Å²) < 4.78 is 5.02. The molecule has 0 aliphatic rings. The summed E-state index contributed by atoms with van der Waals surface area (Å²) in [5.41, 5.74) is 10.8. The standard InChI is InChI=1S/C7H8N6O/c8-5-11-6(9)13-7(12-5)10-4-2-1-3-14-4/h1-3H,(H5,8,9,10,11,12,13). The topological polar surface area (TPSA) is 116 Å². The minimum Gasteiger partial charge on any atom is -0.449 e. The maximum atomic E-state index is 5.38. The second kappa shape index (κ2) is 3.21. The zero-order chi connectivity index (χ0) is 9.97. The molecule has 0 saturated carbocycles. The largest absolute Gasteiger partial charge is 0.449 e. The van der Waals surface area contributed by atoms with Gasteiger partial charge in [-0.1, -0.05) is 0 Å². The lowest BCUT2D eigenvalue weighted by Crippen LogP contribution is -2.06. The molecule has 0 saturated heterocycles. The van der Waals surface area contributed by atoms with Crippen LogP contribution >= 0.6 is 0 Å². The molecule has 0 fully saturated rings. The van der Waals surface area contributed by atoms with Gasteiger partial charge < -0.3 is 15.9 Å². The monoisotopic (exact) mass is 192 g/mol. The Morgan fingerprint density at radius 3 is 2.43 bits per heavy atom. The van der Waals surface area contributed by atoms with Crippen molar-refractivity contribution < 1.29 is 4.42 Å². The first-order valence-corrected chi connectivity index (χ1v) is 3.81. The zero-order valence-electron chi connectivity index (χ0n) is 7.14. The summed E-state index contributed by atoms with van der Waals surface area (Å²) in [7, 11) is 0. The highest BCUT2D eigenvalue weighted by molar-refractivity contribution is 5.48. The molecule has 0 amide bonds. The summed E-state index contributed by atoms with van der Waals surface area (Å²) in [5, 5.41) is 2.78. The highest BCUT2D eigenvalue weighted by atomic mass is 16.3. The number of nitrogens with zero attached hydrogens (tertiary/aromatic N) is 3. The van der Waals surface area contributed by atoms with E-state index in [9.17, 15) is 0 Å². The number of nitrogens with one attached hydrogen (secondary N) is 1. The predicted molar refractivity (Wildman–Crippen MR) is 50.6 cm³/mol. The van der Waals surface area contributed by atoms with Crippen molar-refractivity contribution in [1.82, 2.24) is 15.0 Å². The van der Waals surface area contributed by atoms with Crippen LogP contribution in [0.1, 0.15) is 0 Å². The molecule has 2 heterocycles. The number of hydrogen-bond donors (Lipinski definition) is 3. The Labute approximate surface area is 79.2 Å². The lowest BCUT2D eigenvalue weighted by Gasteiger charge is -2.01. The Morgan fingerprint density at radius 1 is 1.14 bits per heavy atom. The van der Waals surface area contributed by atoms with Crippen LogP contribution in [0, 0.1) is 0 Å². The highest BCUT2D eigenvalue weighted by Crippen LogP contribution is 2.13. The van der Waals surface area contributed by atoms with Gasteiger partial charge in [0, 0.05) is 6.07 Å². The molecule has 5 N–H and O–H groups in total. The number of aromatic nitrogens is 3. The van der Waals surface area contributed by atoms with E-state index in [0.717, 1.165) is 0 Å². The second-order valence-corrected chi connectivity index (χ2v) is 2.48. The summed E-state index contributed by atoms with van der Waals surface area (Å²) in [6.45, 7) is 0. The molecule has 72 valence electrons. The Bertz CT molecular complexity index is 405. The summed E-state index contributed by atoms with van der Waals surface area (Å²) in [6.07, 6.45) is 1.52. The molecule has 0 spiro atoms. The first-order valence-electron chi connectivity index (χ1n) is 3.81. The van der Waals surface area contributed by atoms with Crippen LogP contribution in [-0.2, 0) is 0 Å². The van der Waals surface area contributed by atoms with E-state index in [1.165, 1.54) is 6.26 Å². The first-order chi connectivity index (χ1) is 6.74.